The van der Waals surface area contributed by atoms with E-state index in [0.29, 0.717) is 22.9 Å². The minimum absolute atomic E-state index is 0.0614. The van der Waals surface area contributed by atoms with E-state index in [4.69, 9.17) is 16.3 Å². The molecule has 1 saturated heterocycles. The number of anilines is 1. The van der Waals surface area contributed by atoms with Gasteiger partial charge in [-0.25, -0.2) is 10.9 Å². The standard InChI is InChI=1S/C21H20ClN3O2/c1-27-20-10-9-14(11-17(20)22)23-21(26)19-12-18(24-25-19)16-8-4-6-13-5-2-3-7-15(13)16/h2-11,18-19,24-25H,12H2,1H3,(H,23,26). The Morgan fingerprint density at radius 3 is 2.74 bits per heavy atom. The third-order valence-corrected chi connectivity index (χ3v) is 5.13. The number of nitrogens with one attached hydrogen (secondary N) is 3. The molecule has 1 heterocycles. The molecule has 1 aliphatic rings. The van der Waals surface area contributed by atoms with E-state index in [0.717, 1.165) is 0 Å². The first-order valence-electron chi connectivity index (χ1n) is 8.79. The summed E-state index contributed by atoms with van der Waals surface area (Å²) in [5, 5.41) is 5.75. The van der Waals surface area contributed by atoms with Gasteiger partial charge in [-0.3, -0.25) is 4.79 Å². The van der Waals surface area contributed by atoms with Crippen molar-refractivity contribution in [2.75, 3.05) is 12.4 Å². The van der Waals surface area contributed by atoms with E-state index in [2.05, 4.69) is 40.4 Å². The fourth-order valence-electron chi connectivity index (χ4n) is 3.46. The van der Waals surface area contributed by atoms with Crippen LogP contribution in [0.15, 0.2) is 60.7 Å². The van der Waals surface area contributed by atoms with Crippen molar-refractivity contribution in [3.8, 4) is 5.75 Å². The van der Waals surface area contributed by atoms with Crippen LogP contribution in [0.25, 0.3) is 10.8 Å². The van der Waals surface area contributed by atoms with Crippen molar-refractivity contribution < 1.29 is 9.53 Å². The molecule has 0 bridgehead atoms. The molecular formula is C21H20ClN3O2. The van der Waals surface area contributed by atoms with Gasteiger partial charge in [0.1, 0.15) is 11.8 Å². The van der Waals surface area contributed by atoms with Crippen LogP contribution in [0.5, 0.6) is 5.75 Å². The van der Waals surface area contributed by atoms with Crippen molar-refractivity contribution in [1.82, 2.24) is 10.9 Å². The highest BCUT2D eigenvalue weighted by atomic mass is 35.5. The number of hydrogen-bond acceptors (Lipinski definition) is 4. The summed E-state index contributed by atoms with van der Waals surface area (Å²) in [6.07, 6.45) is 0.656. The Kier molecular flexibility index (Phi) is 4.99. The van der Waals surface area contributed by atoms with E-state index in [1.807, 2.05) is 18.2 Å². The van der Waals surface area contributed by atoms with E-state index >= 15 is 0 Å². The molecule has 1 fully saturated rings. The Labute approximate surface area is 162 Å². The summed E-state index contributed by atoms with van der Waals surface area (Å²) in [4.78, 5) is 12.6. The molecule has 3 aromatic carbocycles. The number of halogens is 1. The zero-order valence-corrected chi connectivity index (χ0v) is 15.6. The molecule has 1 aliphatic heterocycles. The normalized spacial score (nSPS) is 19.2. The second-order valence-electron chi connectivity index (χ2n) is 6.54. The van der Waals surface area contributed by atoms with Gasteiger partial charge >= 0.3 is 0 Å². The SMILES string of the molecule is COc1ccc(NC(=O)C2CC(c3cccc4ccccc34)NN2)cc1Cl. The van der Waals surface area contributed by atoms with E-state index < -0.39 is 0 Å². The van der Waals surface area contributed by atoms with Crippen LogP contribution in [-0.2, 0) is 4.79 Å². The fourth-order valence-corrected chi connectivity index (χ4v) is 3.72. The highest BCUT2D eigenvalue weighted by Gasteiger charge is 2.31. The highest BCUT2D eigenvalue weighted by molar-refractivity contribution is 6.32. The van der Waals surface area contributed by atoms with Crippen molar-refractivity contribution in [2.24, 2.45) is 0 Å². The third-order valence-electron chi connectivity index (χ3n) is 4.84. The van der Waals surface area contributed by atoms with Crippen LogP contribution in [0.2, 0.25) is 5.02 Å². The van der Waals surface area contributed by atoms with Crippen LogP contribution < -0.4 is 20.9 Å². The van der Waals surface area contributed by atoms with Crippen LogP contribution in [0, 0.1) is 0 Å². The highest BCUT2D eigenvalue weighted by Crippen LogP contribution is 2.30. The van der Waals surface area contributed by atoms with E-state index in [1.54, 1.807) is 25.3 Å². The summed E-state index contributed by atoms with van der Waals surface area (Å²) in [5.41, 5.74) is 8.19. The lowest BCUT2D eigenvalue weighted by atomic mass is 9.96. The third kappa shape index (κ3) is 3.62. The number of hydrogen-bond donors (Lipinski definition) is 3. The maximum Gasteiger partial charge on any atom is 0.242 e. The van der Waals surface area contributed by atoms with Gasteiger partial charge in [-0.15, -0.1) is 0 Å². The minimum atomic E-state index is -0.338. The summed E-state index contributed by atoms with van der Waals surface area (Å²) in [6, 6.07) is 19.4. The number of carbonyl (C=O) groups excluding carboxylic acids is 1. The molecule has 0 spiro atoms. The lowest BCUT2D eigenvalue weighted by Crippen LogP contribution is -2.39. The maximum absolute atomic E-state index is 12.6. The maximum atomic E-state index is 12.6. The molecule has 6 heteroatoms. The minimum Gasteiger partial charge on any atom is -0.495 e. The predicted molar refractivity (Wildman–Crippen MR) is 108 cm³/mol. The van der Waals surface area contributed by atoms with Gasteiger partial charge in [0, 0.05) is 11.7 Å². The second-order valence-corrected chi connectivity index (χ2v) is 6.94. The van der Waals surface area contributed by atoms with Gasteiger partial charge in [0.2, 0.25) is 5.91 Å². The van der Waals surface area contributed by atoms with Crippen molar-refractivity contribution >= 4 is 34.0 Å². The van der Waals surface area contributed by atoms with Gasteiger partial charge in [0.15, 0.2) is 0 Å². The first kappa shape index (κ1) is 17.8. The molecule has 27 heavy (non-hydrogen) atoms. The Balaban J connectivity index is 1.47. The number of hydrazine groups is 1. The number of rotatable bonds is 4. The van der Waals surface area contributed by atoms with Crippen molar-refractivity contribution in [2.45, 2.75) is 18.5 Å². The number of ether oxygens (including phenoxy) is 1. The monoisotopic (exact) mass is 381 g/mol. The number of carbonyl (C=O) groups is 1. The molecule has 0 aliphatic carbocycles. The molecule has 1 amide bonds. The van der Waals surface area contributed by atoms with Crippen LogP contribution in [0.1, 0.15) is 18.0 Å². The fraction of sp³-hybridized carbons (Fsp3) is 0.190. The lowest BCUT2D eigenvalue weighted by Gasteiger charge is -2.13. The molecule has 0 aromatic heterocycles. The van der Waals surface area contributed by atoms with Gasteiger partial charge in [0.25, 0.3) is 0 Å². The number of fused-ring (bicyclic) bond motifs is 1. The summed E-state index contributed by atoms with van der Waals surface area (Å²) in [6.45, 7) is 0. The Morgan fingerprint density at radius 2 is 1.93 bits per heavy atom. The Hall–Kier alpha value is -2.60. The molecule has 138 valence electrons. The molecule has 3 aromatic rings. The average molecular weight is 382 g/mol. The molecule has 2 atom stereocenters. The molecule has 3 N–H and O–H groups in total. The quantitative estimate of drug-likeness (QED) is 0.638. The molecule has 5 nitrogen and oxygen atoms in total. The topological polar surface area (TPSA) is 62.4 Å². The van der Waals surface area contributed by atoms with Gasteiger partial charge in [-0.05, 0) is 41.0 Å². The smallest absolute Gasteiger partial charge is 0.242 e. The average Bonchev–Trinajstić information content (AvgIpc) is 3.18. The first-order chi connectivity index (χ1) is 13.2. The van der Waals surface area contributed by atoms with Crippen LogP contribution in [0.4, 0.5) is 5.69 Å². The van der Waals surface area contributed by atoms with E-state index in [-0.39, 0.29) is 18.0 Å². The number of benzene rings is 3. The van der Waals surface area contributed by atoms with Crippen LogP contribution in [0.3, 0.4) is 0 Å². The largest absolute Gasteiger partial charge is 0.495 e. The van der Waals surface area contributed by atoms with Crippen LogP contribution in [-0.4, -0.2) is 19.1 Å². The second kappa shape index (κ2) is 7.56. The molecule has 0 radical (unpaired) electrons. The van der Waals surface area contributed by atoms with Crippen molar-refractivity contribution in [1.29, 1.82) is 0 Å². The van der Waals surface area contributed by atoms with Crippen molar-refractivity contribution in [3.05, 3.63) is 71.2 Å². The zero-order chi connectivity index (χ0) is 18.8. The van der Waals surface area contributed by atoms with Gasteiger partial charge < -0.3 is 10.1 Å². The first-order valence-corrected chi connectivity index (χ1v) is 9.16. The predicted octanol–water partition coefficient (Wildman–Crippen LogP) is 4.05. The summed E-state index contributed by atoms with van der Waals surface area (Å²) in [5.74, 6) is 0.470. The summed E-state index contributed by atoms with van der Waals surface area (Å²) in [7, 11) is 1.56. The van der Waals surface area contributed by atoms with Gasteiger partial charge in [-0.1, -0.05) is 54.1 Å². The number of methoxy groups -OCH3 is 1. The van der Waals surface area contributed by atoms with E-state index in [9.17, 15) is 4.79 Å². The summed E-state index contributed by atoms with van der Waals surface area (Å²) >= 11 is 6.13. The van der Waals surface area contributed by atoms with E-state index in [1.165, 1.54) is 16.3 Å². The van der Waals surface area contributed by atoms with Gasteiger partial charge in [-0.2, -0.15) is 0 Å². The Bertz CT molecular complexity index is 987. The lowest BCUT2D eigenvalue weighted by molar-refractivity contribution is -0.117. The Morgan fingerprint density at radius 1 is 1.11 bits per heavy atom. The molecule has 2 unspecified atom stereocenters. The number of amides is 1. The van der Waals surface area contributed by atoms with Crippen molar-refractivity contribution in [3.63, 3.8) is 0 Å². The zero-order valence-electron chi connectivity index (χ0n) is 14.8. The molecular weight excluding hydrogens is 362 g/mol. The van der Waals surface area contributed by atoms with Gasteiger partial charge in [0.05, 0.1) is 12.1 Å². The molecule has 4 rings (SSSR count). The van der Waals surface area contributed by atoms with Crippen LogP contribution >= 0.6 is 11.6 Å². The molecule has 0 saturated carbocycles. The summed E-state index contributed by atoms with van der Waals surface area (Å²) < 4.78 is 5.14.